The normalized spacial score (nSPS) is 12.0. The third-order valence-corrected chi connectivity index (χ3v) is 0. The van der Waals surface area contributed by atoms with Crippen molar-refractivity contribution < 1.29 is 0 Å². The lowest BCUT2D eigenvalue weighted by Gasteiger charge is -2.05. The van der Waals surface area contributed by atoms with E-state index in [9.17, 15) is 0 Å². The first kappa shape index (κ1) is 5.27. The molecular weight excluding hydrogens is 84.1 g/mol. The molecule has 0 spiro atoms. The molecule has 0 aromatic carbocycles. The second-order valence-corrected chi connectivity index (χ2v) is 2.19. The molecule has 0 heterocycles. The second kappa shape index (κ2) is 1.16. The summed E-state index contributed by atoms with van der Waals surface area (Å²) in [6.07, 6.45) is 0. The van der Waals surface area contributed by atoms with Gasteiger partial charge in [-0.1, -0.05) is 0 Å². The van der Waals surface area contributed by atoms with Gasteiger partial charge in [0.25, 0.3) is 0 Å². The summed E-state index contributed by atoms with van der Waals surface area (Å²) in [5.41, 5.74) is 9.99. The molecule has 0 unspecified atom stereocenters. The van der Waals surface area contributed by atoms with Gasteiger partial charge >= 0.3 is 0 Å². The first-order valence-electron chi connectivity index (χ1n) is 1.30. The van der Waals surface area contributed by atoms with Gasteiger partial charge in [-0.05, 0) is 6.92 Å². The van der Waals surface area contributed by atoms with Gasteiger partial charge in [0.1, 0.15) is 4.99 Å². The predicted octanol–water partition coefficient (Wildman–Crippen LogP) is -0.493. The molecule has 0 aliphatic heterocycles. The molecule has 0 fully saturated rings. The summed E-state index contributed by atoms with van der Waals surface area (Å²) in [6.45, 7) is 1.61. The van der Waals surface area contributed by atoms with Crippen LogP contribution < -0.4 is 11.5 Å². The van der Waals surface area contributed by atoms with Gasteiger partial charge in [-0.15, -0.1) is 12.6 Å². The van der Waals surface area contributed by atoms with Crippen molar-refractivity contribution in [1.29, 1.82) is 0 Å². The highest BCUT2D eigenvalue weighted by Gasteiger charge is 1.97. The Kier molecular flexibility index (Phi) is 1.22. The number of thiol groups is 1. The highest BCUT2D eigenvalue weighted by molar-refractivity contribution is 7.81. The van der Waals surface area contributed by atoms with Crippen molar-refractivity contribution in [3.05, 3.63) is 0 Å². The maximum Gasteiger partial charge on any atom is 0.106 e. The van der Waals surface area contributed by atoms with E-state index in [1.54, 1.807) is 6.92 Å². The Morgan fingerprint density at radius 2 is 1.60 bits per heavy atom. The molecular formula is C2H8N2S. The standard InChI is InChI=1S/C2H8N2S/c1-2(3,4)5/h5H,3-4H2,1H3. The van der Waals surface area contributed by atoms with E-state index in [1.165, 1.54) is 0 Å². The van der Waals surface area contributed by atoms with Gasteiger partial charge in [0.2, 0.25) is 0 Å². The molecule has 5 heavy (non-hydrogen) atoms. The summed E-state index contributed by atoms with van der Waals surface area (Å²) >= 11 is 3.68. The van der Waals surface area contributed by atoms with E-state index in [2.05, 4.69) is 12.6 Å². The minimum Gasteiger partial charge on any atom is -0.305 e. The van der Waals surface area contributed by atoms with Crippen LogP contribution in [0.1, 0.15) is 6.92 Å². The molecule has 0 aromatic heterocycles. The Hall–Kier alpha value is 0.270. The van der Waals surface area contributed by atoms with E-state index >= 15 is 0 Å². The molecule has 0 saturated carbocycles. The van der Waals surface area contributed by atoms with Gasteiger partial charge < -0.3 is 11.5 Å². The Morgan fingerprint density at radius 3 is 1.60 bits per heavy atom. The van der Waals surface area contributed by atoms with Gasteiger partial charge in [0, 0.05) is 0 Å². The van der Waals surface area contributed by atoms with Gasteiger partial charge in [-0.3, -0.25) is 0 Å². The van der Waals surface area contributed by atoms with Crippen molar-refractivity contribution in [1.82, 2.24) is 0 Å². The number of rotatable bonds is 0. The fraction of sp³-hybridized carbons (Fsp3) is 1.00. The highest BCUT2D eigenvalue weighted by Crippen LogP contribution is 1.88. The average Bonchev–Trinajstić information content (AvgIpc) is 0.722. The number of hydrogen-bond donors (Lipinski definition) is 3. The van der Waals surface area contributed by atoms with Crippen LogP contribution in [0.25, 0.3) is 0 Å². The van der Waals surface area contributed by atoms with E-state index in [0.717, 1.165) is 0 Å². The molecule has 0 radical (unpaired) electrons. The molecule has 2 nitrogen and oxygen atoms in total. The molecule has 0 rings (SSSR count). The first-order valence-corrected chi connectivity index (χ1v) is 1.75. The van der Waals surface area contributed by atoms with Gasteiger partial charge in [0.05, 0.1) is 0 Å². The summed E-state index contributed by atoms with van der Waals surface area (Å²) in [5, 5.41) is 0. The molecule has 0 saturated heterocycles. The van der Waals surface area contributed by atoms with E-state index in [1.807, 2.05) is 0 Å². The largest absolute Gasteiger partial charge is 0.305 e. The van der Waals surface area contributed by atoms with Crippen LogP contribution >= 0.6 is 12.6 Å². The molecule has 0 aliphatic carbocycles. The molecule has 4 N–H and O–H groups in total. The van der Waals surface area contributed by atoms with Crippen LogP contribution in [0.3, 0.4) is 0 Å². The maximum absolute atomic E-state index is 5.00. The lowest BCUT2D eigenvalue weighted by molar-refractivity contribution is 0.725. The van der Waals surface area contributed by atoms with Gasteiger partial charge in [0.15, 0.2) is 0 Å². The van der Waals surface area contributed by atoms with Crippen molar-refractivity contribution in [2.75, 3.05) is 0 Å². The summed E-state index contributed by atoms with van der Waals surface area (Å²) < 4.78 is 0. The zero-order valence-electron chi connectivity index (χ0n) is 3.10. The topological polar surface area (TPSA) is 52.0 Å². The minimum absolute atomic E-state index is 0.806. The van der Waals surface area contributed by atoms with E-state index in [0.29, 0.717) is 0 Å². The monoisotopic (exact) mass is 92.0 g/mol. The Morgan fingerprint density at radius 1 is 1.60 bits per heavy atom. The molecule has 0 bridgehead atoms. The lowest BCUT2D eigenvalue weighted by atomic mass is 10.6. The average molecular weight is 92.2 g/mol. The second-order valence-electron chi connectivity index (χ2n) is 1.23. The van der Waals surface area contributed by atoms with Crippen molar-refractivity contribution >= 4 is 12.6 Å². The summed E-state index contributed by atoms with van der Waals surface area (Å²) in [4.78, 5) is -0.806. The molecule has 0 aliphatic rings. The van der Waals surface area contributed by atoms with Crippen LogP contribution in [0, 0.1) is 0 Å². The maximum atomic E-state index is 5.00. The minimum atomic E-state index is -0.806. The lowest BCUT2D eigenvalue weighted by Crippen LogP contribution is -2.39. The van der Waals surface area contributed by atoms with Crippen LogP contribution in [0.15, 0.2) is 0 Å². The van der Waals surface area contributed by atoms with Crippen molar-refractivity contribution in [3.63, 3.8) is 0 Å². The van der Waals surface area contributed by atoms with E-state index in [4.69, 9.17) is 11.5 Å². The van der Waals surface area contributed by atoms with Crippen molar-refractivity contribution in [3.8, 4) is 0 Å². The number of hydrogen-bond acceptors (Lipinski definition) is 3. The molecule has 0 aromatic rings. The summed E-state index contributed by atoms with van der Waals surface area (Å²) in [5.74, 6) is 0. The molecule has 0 amide bonds. The van der Waals surface area contributed by atoms with Crippen LogP contribution in [-0.2, 0) is 0 Å². The Labute approximate surface area is 36.9 Å². The van der Waals surface area contributed by atoms with Crippen molar-refractivity contribution in [2.24, 2.45) is 11.5 Å². The van der Waals surface area contributed by atoms with Gasteiger partial charge in [-0.2, -0.15) is 0 Å². The van der Waals surface area contributed by atoms with Gasteiger partial charge in [-0.25, -0.2) is 0 Å². The van der Waals surface area contributed by atoms with Crippen molar-refractivity contribution in [2.45, 2.75) is 11.9 Å². The molecule has 32 valence electrons. The zero-order valence-corrected chi connectivity index (χ0v) is 4.00. The number of nitrogens with two attached hydrogens (primary N) is 2. The van der Waals surface area contributed by atoms with Crippen LogP contribution in [0.5, 0.6) is 0 Å². The summed E-state index contributed by atoms with van der Waals surface area (Å²) in [6, 6.07) is 0. The predicted molar refractivity (Wildman–Crippen MR) is 25.8 cm³/mol. The Balaban J connectivity index is 3.02. The summed E-state index contributed by atoms with van der Waals surface area (Å²) in [7, 11) is 0. The zero-order chi connectivity index (χ0) is 4.50. The third kappa shape index (κ3) is 302. The third-order valence-electron chi connectivity index (χ3n) is 0. The van der Waals surface area contributed by atoms with E-state index < -0.39 is 4.99 Å². The molecule has 0 atom stereocenters. The van der Waals surface area contributed by atoms with Crippen LogP contribution in [0.2, 0.25) is 0 Å². The molecule has 3 heteroatoms. The fourth-order valence-electron chi connectivity index (χ4n) is 0. The SMILES string of the molecule is CC(N)(N)S. The fourth-order valence-corrected chi connectivity index (χ4v) is 0. The smallest absolute Gasteiger partial charge is 0.106 e. The first-order chi connectivity index (χ1) is 2.00. The quantitative estimate of drug-likeness (QED) is 0.279. The Bertz CT molecular complexity index is 23.1. The van der Waals surface area contributed by atoms with Crippen LogP contribution in [-0.4, -0.2) is 4.99 Å². The van der Waals surface area contributed by atoms with Crippen LogP contribution in [0.4, 0.5) is 0 Å². The van der Waals surface area contributed by atoms with E-state index in [-0.39, 0.29) is 0 Å². The highest BCUT2D eigenvalue weighted by atomic mass is 32.1.